The topological polar surface area (TPSA) is 24.4 Å². The fraction of sp³-hybridized carbons (Fsp3) is 0.889. The van der Waals surface area contributed by atoms with E-state index in [-0.39, 0.29) is 5.41 Å². The average Bonchev–Trinajstić information content (AvgIpc) is 1.80. The Morgan fingerprint density at radius 1 is 1.27 bits per heavy atom. The molecule has 0 saturated heterocycles. The van der Waals surface area contributed by atoms with Crippen LogP contribution in [0.25, 0.3) is 0 Å². The Morgan fingerprint density at radius 2 is 1.73 bits per heavy atom. The Bertz CT molecular complexity index is 140. The van der Waals surface area contributed by atoms with Crippen molar-refractivity contribution in [1.29, 1.82) is 0 Å². The van der Waals surface area contributed by atoms with Crippen molar-refractivity contribution >= 4 is 5.71 Å². The van der Waals surface area contributed by atoms with Crippen molar-refractivity contribution in [3.05, 3.63) is 0 Å². The van der Waals surface area contributed by atoms with Crippen LogP contribution in [0.1, 0.15) is 41.5 Å². The molecule has 66 valence electrons. The molecule has 1 N–H and O–H groups in total. The van der Waals surface area contributed by atoms with Crippen molar-refractivity contribution in [2.75, 3.05) is 0 Å². The minimum atomic E-state index is 0.182. The zero-order valence-corrected chi connectivity index (χ0v) is 8.52. The van der Waals surface area contributed by atoms with Crippen molar-refractivity contribution in [3.8, 4) is 0 Å². The van der Waals surface area contributed by atoms with Crippen LogP contribution in [0.5, 0.6) is 0 Å². The number of nitrogens with zero attached hydrogens (tertiary/aromatic N) is 1. The fourth-order valence-electron chi connectivity index (χ4n) is 0.394. The zero-order valence-electron chi connectivity index (χ0n) is 8.52. The largest absolute Gasteiger partial charge is 0.308 e. The number of hydrazone groups is 1. The Balaban J connectivity index is 4.02. The Kier molecular flexibility index (Phi) is 3.56. The molecule has 2 heteroatoms. The van der Waals surface area contributed by atoms with Gasteiger partial charge in [0.15, 0.2) is 0 Å². The maximum absolute atomic E-state index is 4.26. The van der Waals surface area contributed by atoms with Crippen molar-refractivity contribution in [3.63, 3.8) is 0 Å². The first-order valence-corrected chi connectivity index (χ1v) is 4.14. The molecular weight excluding hydrogens is 136 g/mol. The predicted octanol–water partition coefficient (Wildman–Crippen LogP) is 2.41. The molecule has 0 aromatic heterocycles. The summed E-state index contributed by atoms with van der Waals surface area (Å²) in [6, 6.07) is 0.423. The van der Waals surface area contributed by atoms with Crippen LogP contribution in [0, 0.1) is 5.41 Å². The van der Waals surface area contributed by atoms with Crippen molar-refractivity contribution in [2.45, 2.75) is 47.6 Å². The summed E-state index contributed by atoms with van der Waals surface area (Å²) in [5.74, 6) is 0. The smallest absolute Gasteiger partial charge is 0.0400 e. The monoisotopic (exact) mass is 156 g/mol. The highest BCUT2D eigenvalue weighted by atomic mass is 15.3. The molecule has 0 aliphatic heterocycles. The van der Waals surface area contributed by atoms with Gasteiger partial charge in [-0.15, -0.1) is 0 Å². The third-order valence-electron chi connectivity index (χ3n) is 1.58. The van der Waals surface area contributed by atoms with Gasteiger partial charge in [0.2, 0.25) is 0 Å². The summed E-state index contributed by atoms with van der Waals surface area (Å²) >= 11 is 0. The number of nitrogens with one attached hydrogen (secondary N) is 1. The van der Waals surface area contributed by atoms with Crippen LogP contribution in [0.15, 0.2) is 5.10 Å². The van der Waals surface area contributed by atoms with Crippen LogP contribution in [0.3, 0.4) is 0 Å². The fourth-order valence-corrected chi connectivity index (χ4v) is 0.394. The van der Waals surface area contributed by atoms with Gasteiger partial charge in [-0.05, 0) is 20.8 Å². The highest BCUT2D eigenvalue weighted by molar-refractivity contribution is 5.86. The minimum Gasteiger partial charge on any atom is -0.308 e. The van der Waals surface area contributed by atoms with Gasteiger partial charge in [-0.25, -0.2) is 0 Å². The summed E-state index contributed by atoms with van der Waals surface area (Å²) in [4.78, 5) is 0. The highest BCUT2D eigenvalue weighted by Gasteiger charge is 2.13. The molecule has 0 aliphatic rings. The van der Waals surface area contributed by atoms with E-state index in [1.807, 2.05) is 0 Å². The van der Waals surface area contributed by atoms with E-state index in [1.54, 1.807) is 0 Å². The van der Waals surface area contributed by atoms with Gasteiger partial charge in [0, 0.05) is 17.2 Å². The van der Waals surface area contributed by atoms with E-state index in [2.05, 4.69) is 52.1 Å². The van der Waals surface area contributed by atoms with E-state index in [0.29, 0.717) is 6.04 Å². The first-order chi connectivity index (χ1) is 4.84. The van der Waals surface area contributed by atoms with Crippen LogP contribution in [-0.4, -0.2) is 11.8 Å². The molecule has 0 rings (SSSR count). The molecule has 11 heavy (non-hydrogen) atoms. The van der Waals surface area contributed by atoms with Crippen LogP contribution in [0.2, 0.25) is 0 Å². The Labute approximate surface area is 70.1 Å². The molecule has 0 unspecified atom stereocenters. The molecule has 0 atom stereocenters. The molecule has 0 amide bonds. The lowest BCUT2D eigenvalue weighted by atomic mass is 9.91. The molecule has 0 aromatic carbocycles. The third kappa shape index (κ3) is 4.82. The molecule has 0 heterocycles. The lowest BCUT2D eigenvalue weighted by Gasteiger charge is -2.18. The summed E-state index contributed by atoms with van der Waals surface area (Å²) < 4.78 is 0. The van der Waals surface area contributed by atoms with Crippen LogP contribution in [-0.2, 0) is 0 Å². The predicted molar refractivity (Wildman–Crippen MR) is 50.8 cm³/mol. The van der Waals surface area contributed by atoms with Gasteiger partial charge in [0.1, 0.15) is 0 Å². The second-order valence-electron chi connectivity index (χ2n) is 4.23. The first-order valence-electron chi connectivity index (χ1n) is 4.14. The van der Waals surface area contributed by atoms with Gasteiger partial charge in [0.25, 0.3) is 0 Å². The summed E-state index contributed by atoms with van der Waals surface area (Å²) in [6.45, 7) is 12.7. The van der Waals surface area contributed by atoms with E-state index in [4.69, 9.17) is 0 Å². The lowest BCUT2D eigenvalue weighted by molar-refractivity contribution is 0.558. The van der Waals surface area contributed by atoms with E-state index >= 15 is 0 Å². The summed E-state index contributed by atoms with van der Waals surface area (Å²) in [5.41, 5.74) is 4.37. The number of hydrogen-bond acceptors (Lipinski definition) is 2. The van der Waals surface area contributed by atoms with Crippen LogP contribution < -0.4 is 5.43 Å². The van der Waals surface area contributed by atoms with Gasteiger partial charge in [-0.3, -0.25) is 0 Å². The molecule has 0 aromatic rings. The molecule has 0 radical (unpaired) electrons. The maximum Gasteiger partial charge on any atom is 0.0400 e. The van der Waals surface area contributed by atoms with Gasteiger partial charge in [0.05, 0.1) is 0 Å². The van der Waals surface area contributed by atoms with Crippen molar-refractivity contribution in [2.24, 2.45) is 10.5 Å². The second kappa shape index (κ2) is 3.74. The summed E-state index contributed by atoms with van der Waals surface area (Å²) in [6.07, 6.45) is 0. The highest BCUT2D eigenvalue weighted by Crippen LogP contribution is 2.14. The molecule has 0 bridgehead atoms. The van der Waals surface area contributed by atoms with Crippen LogP contribution >= 0.6 is 0 Å². The van der Waals surface area contributed by atoms with Crippen molar-refractivity contribution in [1.82, 2.24) is 5.43 Å². The van der Waals surface area contributed by atoms with Gasteiger partial charge in [-0.2, -0.15) is 5.10 Å². The van der Waals surface area contributed by atoms with E-state index < -0.39 is 0 Å². The van der Waals surface area contributed by atoms with E-state index in [1.165, 1.54) is 0 Å². The molecule has 0 saturated carbocycles. The summed E-state index contributed by atoms with van der Waals surface area (Å²) in [7, 11) is 0. The quantitative estimate of drug-likeness (QED) is 0.482. The standard InChI is InChI=1S/C9H20N2/c1-7(2)10-11-8(3)9(4,5)6/h7,10H,1-6H3/b11-8+. The van der Waals surface area contributed by atoms with Gasteiger partial charge in [-0.1, -0.05) is 20.8 Å². The first kappa shape index (κ1) is 10.5. The minimum absolute atomic E-state index is 0.182. The maximum atomic E-state index is 4.26. The SMILES string of the molecule is C/C(=N\NC(C)C)C(C)(C)C. The molecule has 2 nitrogen and oxygen atoms in total. The zero-order chi connectivity index (χ0) is 9.07. The molecule has 0 fully saturated rings. The van der Waals surface area contributed by atoms with Crippen molar-refractivity contribution < 1.29 is 0 Å². The number of rotatable bonds is 2. The summed E-state index contributed by atoms with van der Waals surface area (Å²) in [5, 5.41) is 4.26. The Morgan fingerprint density at radius 3 is 2.00 bits per heavy atom. The lowest BCUT2D eigenvalue weighted by Crippen LogP contribution is -2.24. The normalized spacial score (nSPS) is 13.9. The van der Waals surface area contributed by atoms with Crippen LogP contribution in [0.4, 0.5) is 0 Å². The van der Waals surface area contributed by atoms with E-state index in [9.17, 15) is 0 Å². The van der Waals surface area contributed by atoms with E-state index in [0.717, 1.165) is 5.71 Å². The molecule has 0 spiro atoms. The molecular formula is C9H20N2. The Hall–Kier alpha value is -0.530. The number of hydrogen-bond donors (Lipinski definition) is 1. The molecule has 0 aliphatic carbocycles. The van der Waals surface area contributed by atoms with Gasteiger partial charge < -0.3 is 5.43 Å². The third-order valence-corrected chi connectivity index (χ3v) is 1.58. The van der Waals surface area contributed by atoms with Gasteiger partial charge >= 0.3 is 0 Å². The average molecular weight is 156 g/mol. The second-order valence-corrected chi connectivity index (χ2v) is 4.23.